The largest absolute Gasteiger partial charge is 0.286 e. The highest BCUT2D eigenvalue weighted by Gasteiger charge is 2.14. The molecule has 0 aliphatic heterocycles. The third kappa shape index (κ3) is 3.52. The molecule has 0 saturated carbocycles. The molecule has 1 rings (SSSR count). The van der Waals surface area contributed by atoms with Crippen molar-refractivity contribution in [2.24, 2.45) is 0 Å². The number of aromatic nitrogens is 1. The zero-order chi connectivity index (χ0) is 9.90. The first kappa shape index (κ1) is 10.1. The van der Waals surface area contributed by atoms with Gasteiger partial charge in [-0.2, -0.15) is 8.42 Å². The molecule has 0 fully saturated rings. The maximum Gasteiger partial charge on any atom is 0.265 e. The third-order valence-electron chi connectivity index (χ3n) is 1.65. The summed E-state index contributed by atoms with van der Waals surface area (Å²) in [7, 11) is -3.91. The van der Waals surface area contributed by atoms with Crippen LogP contribution in [0.5, 0.6) is 0 Å². The van der Waals surface area contributed by atoms with Gasteiger partial charge < -0.3 is 0 Å². The smallest absolute Gasteiger partial charge is 0.265 e. The van der Waals surface area contributed by atoms with Crippen LogP contribution in [-0.4, -0.2) is 23.7 Å². The minimum absolute atomic E-state index is 0.281. The van der Waals surface area contributed by atoms with Crippen molar-refractivity contribution >= 4 is 10.1 Å². The van der Waals surface area contributed by atoms with E-state index in [2.05, 4.69) is 4.98 Å². The molecule has 0 spiro atoms. The second kappa shape index (κ2) is 3.85. The zero-order valence-corrected chi connectivity index (χ0v) is 8.03. The van der Waals surface area contributed by atoms with Crippen LogP contribution in [0.3, 0.4) is 0 Å². The fourth-order valence-corrected chi connectivity index (χ4v) is 1.87. The zero-order valence-electron chi connectivity index (χ0n) is 7.21. The number of hydrogen-bond acceptors (Lipinski definition) is 3. The lowest BCUT2D eigenvalue weighted by atomic mass is 10.1. The van der Waals surface area contributed by atoms with Crippen molar-refractivity contribution in [1.29, 1.82) is 0 Å². The first-order valence-electron chi connectivity index (χ1n) is 3.85. The number of pyridine rings is 1. The van der Waals surface area contributed by atoms with Crippen LogP contribution in [0.25, 0.3) is 0 Å². The Balaban J connectivity index is 2.76. The van der Waals surface area contributed by atoms with Crippen LogP contribution in [0, 0.1) is 0 Å². The summed E-state index contributed by atoms with van der Waals surface area (Å²) in [5, 5.41) is 0. The Morgan fingerprint density at radius 3 is 2.69 bits per heavy atom. The maximum atomic E-state index is 10.5. The van der Waals surface area contributed by atoms with E-state index < -0.39 is 10.1 Å². The molecule has 0 bridgehead atoms. The third-order valence-corrected chi connectivity index (χ3v) is 2.57. The highest BCUT2D eigenvalue weighted by Crippen LogP contribution is 2.13. The molecule has 0 unspecified atom stereocenters. The summed E-state index contributed by atoms with van der Waals surface area (Å²) in [5.41, 5.74) is 0.667. The van der Waals surface area contributed by atoms with Crippen LogP contribution in [0.4, 0.5) is 0 Å². The van der Waals surface area contributed by atoms with Crippen molar-refractivity contribution in [3.63, 3.8) is 0 Å². The van der Waals surface area contributed by atoms with E-state index in [0.717, 1.165) is 0 Å². The van der Waals surface area contributed by atoms with E-state index in [1.165, 1.54) is 0 Å². The summed E-state index contributed by atoms with van der Waals surface area (Å²) in [5.74, 6) is -0.569. The van der Waals surface area contributed by atoms with Crippen LogP contribution < -0.4 is 0 Å². The maximum absolute atomic E-state index is 10.5. The van der Waals surface area contributed by atoms with Gasteiger partial charge in [0, 0.05) is 17.8 Å². The Bertz CT molecular complexity index is 360. The second-order valence-electron chi connectivity index (χ2n) is 2.90. The van der Waals surface area contributed by atoms with Crippen molar-refractivity contribution in [3.8, 4) is 0 Å². The summed E-state index contributed by atoms with van der Waals surface area (Å²) in [6.45, 7) is 1.70. The summed E-state index contributed by atoms with van der Waals surface area (Å²) in [4.78, 5) is 3.99. The molecule has 1 aromatic heterocycles. The van der Waals surface area contributed by atoms with Crippen molar-refractivity contribution in [1.82, 2.24) is 4.98 Å². The van der Waals surface area contributed by atoms with Gasteiger partial charge in [0.05, 0.1) is 5.75 Å². The quantitative estimate of drug-likeness (QED) is 0.743. The van der Waals surface area contributed by atoms with Gasteiger partial charge in [0.15, 0.2) is 0 Å². The molecule has 1 N–H and O–H groups in total. The Morgan fingerprint density at radius 1 is 1.54 bits per heavy atom. The van der Waals surface area contributed by atoms with Gasteiger partial charge in [0.2, 0.25) is 0 Å². The van der Waals surface area contributed by atoms with Crippen molar-refractivity contribution < 1.29 is 13.0 Å². The lowest BCUT2D eigenvalue weighted by Gasteiger charge is -2.07. The van der Waals surface area contributed by atoms with E-state index >= 15 is 0 Å². The monoisotopic (exact) mass is 201 g/mol. The van der Waals surface area contributed by atoms with Crippen LogP contribution in [0.15, 0.2) is 24.4 Å². The van der Waals surface area contributed by atoms with Crippen LogP contribution in [0.1, 0.15) is 18.5 Å². The molecule has 5 heteroatoms. The normalized spacial score (nSPS) is 14.0. The SMILES string of the molecule is C[C@@H](CS(=O)(=O)O)c1ccccn1. The summed E-state index contributed by atoms with van der Waals surface area (Å²) >= 11 is 0. The molecule has 0 aliphatic rings. The Kier molecular flexibility index (Phi) is 3.00. The summed E-state index contributed by atoms with van der Waals surface area (Å²) in [6, 6.07) is 5.27. The van der Waals surface area contributed by atoms with Gasteiger partial charge in [-0.25, -0.2) is 0 Å². The molecule has 72 valence electrons. The van der Waals surface area contributed by atoms with E-state index in [1.807, 2.05) is 0 Å². The average Bonchev–Trinajstić information content (AvgIpc) is 2.03. The second-order valence-corrected chi connectivity index (χ2v) is 4.40. The highest BCUT2D eigenvalue weighted by molar-refractivity contribution is 7.85. The topological polar surface area (TPSA) is 67.3 Å². The average molecular weight is 201 g/mol. The first-order valence-corrected chi connectivity index (χ1v) is 5.46. The van der Waals surface area contributed by atoms with Gasteiger partial charge in [0.25, 0.3) is 10.1 Å². The molecule has 0 radical (unpaired) electrons. The van der Waals surface area contributed by atoms with Crippen LogP contribution in [-0.2, 0) is 10.1 Å². The molecule has 1 aromatic rings. The lowest BCUT2D eigenvalue weighted by molar-refractivity contribution is 0.478. The fourth-order valence-electron chi connectivity index (χ4n) is 1.07. The standard InChI is InChI=1S/C8H11NO3S/c1-7(6-13(10,11)12)8-4-2-3-5-9-8/h2-5,7H,6H2,1H3,(H,10,11,12)/t7-/m0/s1. The number of rotatable bonds is 3. The van der Waals surface area contributed by atoms with E-state index in [1.54, 1.807) is 31.3 Å². The Hall–Kier alpha value is -0.940. The molecular formula is C8H11NO3S. The van der Waals surface area contributed by atoms with E-state index in [9.17, 15) is 8.42 Å². The predicted octanol–water partition coefficient (Wildman–Crippen LogP) is 1.07. The molecule has 0 aromatic carbocycles. The summed E-state index contributed by atoms with van der Waals surface area (Å²) in [6.07, 6.45) is 1.59. The molecule has 1 heterocycles. The molecular weight excluding hydrogens is 190 g/mol. The van der Waals surface area contributed by atoms with Crippen molar-refractivity contribution in [3.05, 3.63) is 30.1 Å². The lowest BCUT2D eigenvalue weighted by Crippen LogP contribution is -2.11. The molecule has 4 nitrogen and oxygen atoms in total. The van der Waals surface area contributed by atoms with Gasteiger partial charge in [0.1, 0.15) is 0 Å². The van der Waals surface area contributed by atoms with E-state index in [-0.39, 0.29) is 11.7 Å². The van der Waals surface area contributed by atoms with E-state index in [0.29, 0.717) is 5.69 Å². The van der Waals surface area contributed by atoms with Crippen LogP contribution >= 0.6 is 0 Å². The first-order chi connectivity index (χ1) is 5.99. The van der Waals surface area contributed by atoms with Gasteiger partial charge in [-0.1, -0.05) is 13.0 Å². The fraction of sp³-hybridized carbons (Fsp3) is 0.375. The Labute approximate surface area is 77.4 Å². The van der Waals surface area contributed by atoms with Gasteiger partial charge in [-0.15, -0.1) is 0 Å². The van der Waals surface area contributed by atoms with Gasteiger partial charge in [-0.3, -0.25) is 9.54 Å². The molecule has 0 aliphatic carbocycles. The van der Waals surface area contributed by atoms with Crippen molar-refractivity contribution in [2.45, 2.75) is 12.8 Å². The number of nitrogens with zero attached hydrogens (tertiary/aromatic N) is 1. The predicted molar refractivity (Wildman–Crippen MR) is 49.1 cm³/mol. The van der Waals surface area contributed by atoms with E-state index in [4.69, 9.17) is 4.55 Å². The molecule has 13 heavy (non-hydrogen) atoms. The Morgan fingerprint density at radius 2 is 2.23 bits per heavy atom. The minimum Gasteiger partial charge on any atom is -0.286 e. The van der Waals surface area contributed by atoms with Crippen molar-refractivity contribution in [2.75, 3.05) is 5.75 Å². The highest BCUT2D eigenvalue weighted by atomic mass is 32.2. The van der Waals surface area contributed by atoms with Gasteiger partial charge in [-0.05, 0) is 12.1 Å². The molecule has 0 amide bonds. The molecule has 1 atom stereocenters. The van der Waals surface area contributed by atoms with Crippen LogP contribution in [0.2, 0.25) is 0 Å². The minimum atomic E-state index is -3.91. The molecule has 0 saturated heterocycles. The number of hydrogen-bond donors (Lipinski definition) is 1. The summed E-state index contributed by atoms with van der Waals surface area (Å²) < 4.78 is 29.7. The van der Waals surface area contributed by atoms with Gasteiger partial charge >= 0.3 is 0 Å².